The molecule has 0 aliphatic carbocycles. The van der Waals surface area contributed by atoms with E-state index in [-0.39, 0.29) is 11.3 Å². The fraction of sp³-hybridized carbons (Fsp3) is 0.500. The molecule has 2 heterocycles. The number of carbonyl (C=O) groups is 1. The van der Waals surface area contributed by atoms with Crippen LogP contribution in [0, 0.1) is 0 Å². The van der Waals surface area contributed by atoms with Gasteiger partial charge in [0.05, 0.1) is 27.1 Å². The molecule has 7 heteroatoms. The Morgan fingerprint density at radius 1 is 1.39 bits per heavy atom. The van der Waals surface area contributed by atoms with E-state index in [0.717, 1.165) is 11.0 Å². The summed E-state index contributed by atoms with van der Waals surface area (Å²) in [4.78, 5) is 21.2. The number of hydrogen-bond acceptors (Lipinski definition) is 4. The Balaban J connectivity index is 1.68. The van der Waals surface area contributed by atoms with Crippen molar-refractivity contribution in [3.05, 3.63) is 24.3 Å². The quantitative estimate of drug-likeness (QED) is 0.915. The van der Waals surface area contributed by atoms with Crippen LogP contribution in [0.2, 0.25) is 0 Å². The highest BCUT2D eigenvalue weighted by Gasteiger charge is 2.34. The minimum Gasteiger partial charge on any atom is -0.444 e. The number of imidazole rings is 1. The second kappa shape index (κ2) is 5.96. The summed E-state index contributed by atoms with van der Waals surface area (Å²) in [6.45, 7) is 6.51. The van der Waals surface area contributed by atoms with E-state index in [2.05, 4.69) is 9.97 Å². The number of hydrogen-bond donors (Lipinski definition) is 1. The standard InChI is InChI=1S/C16H21N3O3S/c1-16(2,3)22-15(20)19-9-8-11(10-19)23(21)14-17-12-6-4-5-7-13(12)18-14/h4-7,11H,8-10H2,1-3H3,(H,17,18)/t11-,23?/m1/s1. The van der Waals surface area contributed by atoms with Crippen molar-refractivity contribution in [2.75, 3.05) is 13.1 Å². The lowest BCUT2D eigenvalue weighted by Crippen LogP contribution is -2.36. The zero-order valence-corrected chi connectivity index (χ0v) is 14.4. The van der Waals surface area contributed by atoms with Gasteiger partial charge in [-0.25, -0.2) is 9.78 Å². The molecule has 1 fully saturated rings. The molecule has 2 atom stereocenters. The Bertz CT molecular complexity index is 717. The maximum Gasteiger partial charge on any atom is 0.410 e. The minimum absolute atomic E-state index is 0.122. The molecule has 0 spiro atoms. The summed E-state index contributed by atoms with van der Waals surface area (Å²) in [5.41, 5.74) is 1.16. The highest BCUT2D eigenvalue weighted by Crippen LogP contribution is 2.22. The number of fused-ring (bicyclic) bond motifs is 1. The number of H-pyrrole nitrogens is 1. The largest absolute Gasteiger partial charge is 0.444 e. The van der Waals surface area contributed by atoms with Crippen LogP contribution < -0.4 is 0 Å². The Hall–Kier alpha value is -1.89. The summed E-state index contributed by atoms with van der Waals surface area (Å²) in [5, 5.41) is 0.352. The fourth-order valence-electron chi connectivity index (χ4n) is 2.58. The van der Waals surface area contributed by atoms with E-state index in [1.54, 1.807) is 4.90 Å². The van der Waals surface area contributed by atoms with E-state index in [1.807, 2.05) is 45.0 Å². The van der Waals surface area contributed by atoms with Crippen LogP contribution in [0.1, 0.15) is 27.2 Å². The van der Waals surface area contributed by atoms with Gasteiger partial charge in [0.2, 0.25) is 0 Å². The molecule has 1 amide bonds. The Morgan fingerprint density at radius 3 is 2.83 bits per heavy atom. The molecule has 1 aromatic heterocycles. The van der Waals surface area contributed by atoms with Gasteiger partial charge in [0, 0.05) is 13.1 Å². The topological polar surface area (TPSA) is 75.3 Å². The summed E-state index contributed by atoms with van der Waals surface area (Å²) >= 11 is 0. The van der Waals surface area contributed by atoms with Crippen LogP contribution in [0.4, 0.5) is 4.79 Å². The van der Waals surface area contributed by atoms with Crippen LogP contribution in [0.15, 0.2) is 29.4 Å². The zero-order valence-electron chi connectivity index (χ0n) is 13.5. The normalized spacial score (nSPS) is 20.0. The van der Waals surface area contributed by atoms with Crippen molar-refractivity contribution in [3.8, 4) is 0 Å². The third-order valence-corrected chi connectivity index (χ3v) is 5.22. The third-order valence-electron chi connectivity index (χ3n) is 3.66. The number of rotatable bonds is 2. The van der Waals surface area contributed by atoms with Gasteiger partial charge in [-0.15, -0.1) is 0 Å². The molecule has 1 aromatic carbocycles. The first-order valence-electron chi connectivity index (χ1n) is 7.67. The number of carbonyl (C=O) groups excluding carboxylic acids is 1. The highest BCUT2D eigenvalue weighted by molar-refractivity contribution is 7.85. The lowest BCUT2D eigenvalue weighted by molar-refractivity contribution is 0.0295. The van der Waals surface area contributed by atoms with Crippen LogP contribution >= 0.6 is 0 Å². The molecule has 1 aliphatic heterocycles. The molecule has 1 aliphatic rings. The lowest BCUT2D eigenvalue weighted by atomic mass is 10.2. The van der Waals surface area contributed by atoms with Gasteiger partial charge in [-0.2, -0.15) is 0 Å². The second-order valence-electron chi connectivity index (χ2n) is 6.69. The van der Waals surface area contributed by atoms with E-state index in [9.17, 15) is 9.00 Å². The maximum absolute atomic E-state index is 12.7. The Labute approximate surface area is 137 Å². The molecule has 0 saturated carbocycles. The smallest absolute Gasteiger partial charge is 0.410 e. The minimum atomic E-state index is -1.27. The zero-order chi connectivity index (χ0) is 16.6. The number of likely N-dealkylation sites (tertiary alicyclic amines) is 1. The first kappa shape index (κ1) is 16.0. The number of ether oxygens (including phenoxy) is 1. The van der Waals surface area contributed by atoms with E-state index in [4.69, 9.17) is 4.74 Å². The molecule has 2 aromatic rings. The third kappa shape index (κ3) is 3.55. The van der Waals surface area contributed by atoms with Crippen LogP contribution in [0.25, 0.3) is 11.0 Å². The summed E-state index contributed by atoms with van der Waals surface area (Å²) in [5.74, 6) is 0. The second-order valence-corrected chi connectivity index (χ2v) is 8.34. The first-order chi connectivity index (χ1) is 10.8. The molecule has 23 heavy (non-hydrogen) atoms. The average Bonchev–Trinajstić information content (AvgIpc) is 3.11. The molecule has 124 valence electrons. The summed E-state index contributed by atoms with van der Waals surface area (Å²) < 4.78 is 18.1. The van der Waals surface area contributed by atoms with Gasteiger partial charge in [-0.1, -0.05) is 12.1 Å². The van der Waals surface area contributed by atoms with Gasteiger partial charge in [-0.3, -0.25) is 4.21 Å². The molecule has 1 unspecified atom stereocenters. The van der Waals surface area contributed by atoms with E-state index >= 15 is 0 Å². The molecule has 0 bridgehead atoms. The summed E-state index contributed by atoms with van der Waals surface area (Å²) in [6.07, 6.45) is 0.338. The van der Waals surface area contributed by atoms with Crippen molar-refractivity contribution in [3.63, 3.8) is 0 Å². The van der Waals surface area contributed by atoms with Crippen molar-refractivity contribution in [2.45, 2.75) is 43.2 Å². The van der Waals surface area contributed by atoms with Gasteiger partial charge in [0.1, 0.15) is 5.60 Å². The highest BCUT2D eigenvalue weighted by atomic mass is 32.2. The van der Waals surface area contributed by atoms with Crippen LogP contribution in [0.5, 0.6) is 0 Å². The number of benzene rings is 1. The predicted molar refractivity (Wildman–Crippen MR) is 88.7 cm³/mol. The molecule has 1 N–H and O–H groups in total. The molecular weight excluding hydrogens is 314 g/mol. The number of aromatic amines is 1. The van der Waals surface area contributed by atoms with Crippen molar-refractivity contribution in [1.29, 1.82) is 0 Å². The number of nitrogens with one attached hydrogen (secondary N) is 1. The number of nitrogens with zero attached hydrogens (tertiary/aromatic N) is 2. The van der Waals surface area contributed by atoms with Crippen LogP contribution in [0.3, 0.4) is 0 Å². The van der Waals surface area contributed by atoms with Gasteiger partial charge in [0.15, 0.2) is 5.16 Å². The molecule has 3 rings (SSSR count). The predicted octanol–water partition coefficient (Wildman–Crippen LogP) is 2.68. The Morgan fingerprint density at radius 2 is 2.13 bits per heavy atom. The first-order valence-corrected chi connectivity index (χ1v) is 8.88. The lowest BCUT2D eigenvalue weighted by Gasteiger charge is -2.24. The van der Waals surface area contributed by atoms with Crippen molar-refractivity contribution in [1.82, 2.24) is 14.9 Å². The Kier molecular flexibility index (Phi) is 4.14. The number of para-hydroxylation sites is 2. The summed E-state index contributed by atoms with van der Waals surface area (Å²) in [7, 11) is -1.27. The number of aromatic nitrogens is 2. The van der Waals surface area contributed by atoms with E-state index < -0.39 is 16.4 Å². The monoisotopic (exact) mass is 335 g/mol. The number of amides is 1. The van der Waals surface area contributed by atoms with Crippen molar-refractivity contribution < 1.29 is 13.7 Å². The van der Waals surface area contributed by atoms with Crippen LogP contribution in [-0.2, 0) is 15.5 Å². The van der Waals surface area contributed by atoms with Crippen LogP contribution in [-0.4, -0.2) is 49.1 Å². The van der Waals surface area contributed by atoms with Gasteiger partial charge in [-0.05, 0) is 39.3 Å². The van der Waals surface area contributed by atoms with Gasteiger partial charge < -0.3 is 14.6 Å². The van der Waals surface area contributed by atoms with E-state index in [1.165, 1.54) is 0 Å². The molecule has 1 saturated heterocycles. The van der Waals surface area contributed by atoms with Gasteiger partial charge in [0.25, 0.3) is 0 Å². The molecule has 6 nitrogen and oxygen atoms in total. The summed E-state index contributed by atoms with van der Waals surface area (Å²) in [6, 6.07) is 7.60. The SMILES string of the molecule is CC(C)(C)OC(=O)N1CC[C@@H](S(=O)c2nc3ccccc3[nH]2)C1. The van der Waals surface area contributed by atoms with Crippen molar-refractivity contribution in [2.24, 2.45) is 0 Å². The molecule has 0 radical (unpaired) electrons. The van der Waals surface area contributed by atoms with Gasteiger partial charge >= 0.3 is 6.09 Å². The van der Waals surface area contributed by atoms with Crippen molar-refractivity contribution >= 4 is 27.9 Å². The fourth-order valence-corrected chi connectivity index (χ4v) is 3.93. The maximum atomic E-state index is 12.7. The molecular formula is C16H21N3O3S. The van der Waals surface area contributed by atoms with E-state index in [0.29, 0.717) is 24.7 Å². The average molecular weight is 335 g/mol.